The van der Waals surface area contributed by atoms with E-state index in [1.54, 1.807) is 6.08 Å². The summed E-state index contributed by atoms with van der Waals surface area (Å²) < 4.78 is 2.12. The molecule has 0 spiro atoms. The zero-order valence-electron chi connectivity index (χ0n) is 13.7. The Bertz CT molecular complexity index is 847. The smallest absolute Gasteiger partial charge is 0.318 e. The Hall–Kier alpha value is -3.08. The second-order valence-electron chi connectivity index (χ2n) is 5.69. The molecule has 2 aromatic rings. The van der Waals surface area contributed by atoms with Gasteiger partial charge in [-0.1, -0.05) is 24.3 Å². The molecule has 1 aliphatic heterocycles. The maximum Gasteiger partial charge on any atom is 0.329 e. The van der Waals surface area contributed by atoms with E-state index in [9.17, 15) is 9.59 Å². The van der Waals surface area contributed by atoms with Gasteiger partial charge < -0.3 is 9.88 Å². The minimum Gasteiger partial charge on any atom is -0.318 e. The average molecular weight is 321 g/mol. The van der Waals surface area contributed by atoms with Gasteiger partial charge in [-0.3, -0.25) is 9.69 Å². The average Bonchev–Trinajstić information content (AvgIpc) is 2.99. The Balaban J connectivity index is 1.99. The number of nitrogens with one attached hydrogen (secondary N) is 1. The zero-order valence-corrected chi connectivity index (χ0v) is 13.7. The molecular weight excluding hydrogens is 302 g/mol. The minimum atomic E-state index is -0.414. The standard InChI is InChI=1S/C19H19N3O2/c1-4-10-21-18(23)17(20-19(21)24)12-15-11-13(2)22(14(15)3)16-8-6-5-7-9-16/h4-9,11-12H,1,10H2,2-3H3,(H,20,24)/b17-12-. The lowest BCUT2D eigenvalue weighted by Gasteiger charge is -2.09. The fourth-order valence-corrected chi connectivity index (χ4v) is 2.93. The van der Waals surface area contributed by atoms with Gasteiger partial charge in [-0.2, -0.15) is 0 Å². The Morgan fingerprint density at radius 3 is 2.54 bits per heavy atom. The van der Waals surface area contributed by atoms with Crippen LogP contribution in [0.15, 0.2) is 54.8 Å². The van der Waals surface area contributed by atoms with Gasteiger partial charge in [0.15, 0.2) is 0 Å². The fourth-order valence-electron chi connectivity index (χ4n) is 2.93. The first kappa shape index (κ1) is 15.8. The highest BCUT2D eigenvalue weighted by Gasteiger charge is 2.32. The van der Waals surface area contributed by atoms with Gasteiger partial charge in [0.2, 0.25) is 0 Å². The Morgan fingerprint density at radius 2 is 1.88 bits per heavy atom. The van der Waals surface area contributed by atoms with Crippen molar-refractivity contribution in [3.05, 3.63) is 71.7 Å². The van der Waals surface area contributed by atoms with Crippen LogP contribution in [-0.2, 0) is 4.79 Å². The van der Waals surface area contributed by atoms with E-state index >= 15 is 0 Å². The summed E-state index contributed by atoms with van der Waals surface area (Å²) in [5.41, 5.74) is 4.32. The largest absolute Gasteiger partial charge is 0.329 e. The van der Waals surface area contributed by atoms with Crippen LogP contribution in [0.1, 0.15) is 17.0 Å². The number of amides is 3. The molecule has 0 atom stereocenters. The van der Waals surface area contributed by atoms with E-state index < -0.39 is 6.03 Å². The van der Waals surface area contributed by atoms with Crippen molar-refractivity contribution in [2.45, 2.75) is 13.8 Å². The Labute approximate surface area is 140 Å². The fraction of sp³-hybridized carbons (Fsp3) is 0.158. The number of aromatic nitrogens is 1. The van der Waals surface area contributed by atoms with E-state index in [0.717, 1.165) is 27.5 Å². The number of benzene rings is 1. The topological polar surface area (TPSA) is 54.3 Å². The Morgan fingerprint density at radius 1 is 1.17 bits per heavy atom. The maximum atomic E-state index is 12.3. The van der Waals surface area contributed by atoms with Gasteiger partial charge in [-0.25, -0.2) is 4.79 Å². The molecule has 1 aromatic carbocycles. The third kappa shape index (κ3) is 2.65. The van der Waals surface area contributed by atoms with Gasteiger partial charge in [0, 0.05) is 23.6 Å². The van der Waals surface area contributed by atoms with Crippen molar-refractivity contribution in [3.63, 3.8) is 0 Å². The van der Waals surface area contributed by atoms with Crippen LogP contribution in [0.2, 0.25) is 0 Å². The number of hydrogen-bond acceptors (Lipinski definition) is 2. The van der Waals surface area contributed by atoms with E-state index in [4.69, 9.17) is 0 Å². The quantitative estimate of drug-likeness (QED) is 0.534. The SMILES string of the molecule is C=CCN1C(=O)N/C(=C\c2cc(C)n(-c3ccccc3)c2C)C1=O. The highest BCUT2D eigenvalue weighted by atomic mass is 16.2. The molecule has 1 saturated heterocycles. The highest BCUT2D eigenvalue weighted by molar-refractivity contribution is 6.14. The molecule has 3 rings (SSSR count). The van der Waals surface area contributed by atoms with Crippen LogP contribution in [-0.4, -0.2) is 28.0 Å². The molecule has 5 nitrogen and oxygen atoms in total. The third-order valence-electron chi connectivity index (χ3n) is 4.06. The van der Waals surface area contributed by atoms with E-state index in [1.807, 2.05) is 50.2 Å². The number of nitrogens with zero attached hydrogens (tertiary/aromatic N) is 2. The predicted octanol–water partition coefficient (Wildman–Crippen LogP) is 3.17. The first-order valence-electron chi connectivity index (χ1n) is 7.72. The van der Waals surface area contributed by atoms with E-state index in [-0.39, 0.29) is 18.1 Å². The molecule has 1 N–H and O–H groups in total. The van der Waals surface area contributed by atoms with E-state index in [0.29, 0.717) is 0 Å². The number of rotatable bonds is 4. The molecule has 122 valence electrons. The number of imide groups is 1. The van der Waals surface area contributed by atoms with Gasteiger partial charge in [0.25, 0.3) is 5.91 Å². The first-order chi connectivity index (χ1) is 11.5. The van der Waals surface area contributed by atoms with Crippen molar-refractivity contribution in [1.82, 2.24) is 14.8 Å². The molecule has 1 fully saturated rings. The van der Waals surface area contributed by atoms with Crippen molar-refractivity contribution in [2.75, 3.05) is 6.54 Å². The van der Waals surface area contributed by atoms with Gasteiger partial charge in [-0.15, -0.1) is 6.58 Å². The summed E-state index contributed by atoms with van der Waals surface area (Å²) in [6, 6.07) is 11.6. The second kappa shape index (κ2) is 6.20. The predicted molar refractivity (Wildman–Crippen MR) is 93.7 cm³/mol. The number of hydrogen-bond donors (Lipinski definition) is 1. The Kier molecular flexibility index (Phi) is 4.08. The summed E-state index contributed by atoms with van der Waals surface area (Å²) in [6.45, 7) is 7.78. The summed E-state index contributed by atoms with van der Waals surface area (Å²) in [6.07, 6.45) is 3.26. The number of carbonyl (C=O) groups is 2. The third-order valence-corrected chi connectivity index (χ3v) is 4.06. The molecule has 3 amide bonds. The van der Waals surface area contributed by atoms with Crippen molar-refractivity contribution >= 4 is 18.0 Å². The van der Waals surface area contributed by atoms with Crippen molar-refractivity contribution < 1.29 is 9.59 Å². The maximum absolute atomic E-state index is 12.3. The number of para-hydroxylation sites is 1. The summed E-state index contributed by atoms with van der Waals surface area (Å²) in [5.74, 6) is -0.329. The van der Waals surface area contributed by atoms with Gasteiger partial charge in [0.05, 0.1) is 0 Å². The van der Waals surface area contributed by atoms with Crippen LogP contribution >= 0.6 is 0 Å². The van der Waals surface area contributed by atoms with E-state index in [2.05, 4.69) is 16.5 Å². The molecule has 0 aliphatic carbocycles. The van der Waals surface area contributed by atoms with Crippen LogP contribution in [0.25, 0.3) is 11.8 Å². The molecule has 0 bridgehead atoms. The van der Waals surface area contributed by atoms with Gasteiger partial charge in [0.1, 0.15) is 5.70 Å². The molecule has 5 heteroatoms. The van der Waals surface area contributed by atoms with Gasteiger partial charge >= 0.3 is 6.03 Å². The molecule has 1 aromatic heterocycles. The molecule has 24 heavy (non-hydrogen) atoms. The van der Waals surface area contributed by atoms with Crippen LogP contribution in [0, 0.1) is 13.8 Å². The van der Waals surface area contributed by atoms with E-state index in [1.165, 1.54) is 6.08 Å². The molecule has 1 aliphatic rings. The zero-order chi connectivity index (χ0) is 17.3. The lowest BCUT2D eigenvalue weighted by molar-refractivity contribution is -0.122. The summed E-state index contributed by atoms with van der Waals surface area (Å²) in [5, 5.41) is 2.62. The minimum absolute atomic E-state index is 0.199. The second-order valence-corrected chi connectivity index (χ2v) is 5.69. The molecular formula is C19H19N3O2. The van der Waals surface area contributed by atoms with Crippen LogP contribution in [0.5, 0.6) is 0 Å². The number of aryl methyl sites for hydroxylation is 1. The number of carbonyl (C=O) groups excluding carboxylic acids is 2. The first-order valence-corrected chi connectivity index (χ1v) is 7.72. The lowest BCUT2D eigenvalue weighted by atomic mass is 10.2. The van der Waals surface area contributed by atoms with Crippen LogP contribution in [0.3, 0.4) is 0 Å². The molecule has 2 heterocycles. The highest BCUT2D eigenvalue weighted by Crippen LogP contribution is 2.23. The monoisotopic (exact) mass is 321 g/mol. The summed E-state index contributed by atoms with van der Waals surface area (Å²) >= 11 is 0. The summed E-state index contributed by atoms with van der Waals surface area (Å²) in [7, 11) is 0. The van der Waals surface area contributed by atoms with Crippen LogP contribution in [0.4, 0.5) is 4.79 Å². The lowest BCUT2D eigenvalue weighted by Crippen LogP contribution is -2.30. The van der Waals surface area contributed by atoms with Crippen molar-refractivity contribution in [2.24, 2.45) is 0 Å². The molecule has 0 saturated carbocycles. The van der Waals surface area contributed by atoms with Gasteiger partial charge in [-0.05, 0) is 43.7 Å². The van der Waals surface area contributed by atoms with Crippen molar-refractivity contribution in [1.29, 1.82) is 0 Å². The molecule has 0 radical (unpaired) electrons. The van der Waals surface area contributed by atoms with Crippen LogP contribution < -0.4 is 5.32 Å². The molecule has 0 unspecified atom stereocenters. The summed E-state index contributed by atoms with van der Waals surface area (Å²) in [4.78, 5) is 25.3. The normalized spacial score (nSPS) is 15.9. The van der Waals surface area contributed by atoms with Crippen molar-refractivity contribution in [3.8, 4) is 5.69 Å². The number of urea groups is 1.